The maximum absolute atomic E-state index is 13.2. The Kier molecular flexibility index (Phi) is 4.75. The number of nitrogens with zero attached hydrogens (tertiary/aromatic N) is 1. The van der Waals surface area contributed by atoms with Gasteiger partial charge in [0.05, 0.1) is 18.8 Å². The molecule has 2 aromatic rings. The largest absolute Gasteiger partial charge is 0.497 e. The minimum Gasteiger partial charge on any atom is -0.497 e. The van der Waals surface area contributed by atoms with Gasteiger partial charge in [-0.1, -0.05) is 12.1 Å². The quantitative estimate of drug-likeness (QED) is 0.887. The van der Waals surface area contributed by atoms with Crippen molar-refractivity contribution in [2.45, 2.75) is 6.10 Å². The van der Waals surface area contributed by atoms with Crippen LogP contribution in [0.2, 0.25) is 0 Å². The minimum atomic E-state index is -0.740. The summed E-state index contributed by atoms with van der Waals surface area (Å²) >= 11 is 0. The van der Waals surface area contributed by atoms with E-state index in [0.717, 1.165) is 0 Å². The maximum atomic E-state index is 13.2. The summed E-state index contributed by atoms with van der Waals surface area (Å²) in [5.41, 5.74) is 1.26. The highest BCUT2D eigenvalue weighted by Gasteiger charge is 2.09. The second-order valence-corrected chi connectivity index (χ2v) is 4.48. The van der Waals surface area contributed by atoms with E-state index in [-0.39, 0.29) is 12.1 Å². The molecule has 2 aromatic carbocycles. The fraction of sp³-hybridized carbons (Fsp3) is 0.188. The molecule has 1 unspecified atom stereocenters. The van der Waals surface area contributed by atoms with Crippen LogP contribution in [0.5, 0.6) is 5.75 Å². The van der Waals surface area contributed by atoms with Crippen LogP contribution in [0.25, 0.3) is 0 Å². The molecule has 21 heavy (non-hydrogen) atoms. The van der Waals surface area contributed by atoms with Crippen molar-refractivity contribution < 1.29 is 14.2 Å². The van der Waals surface area contributed by atoms with Gasteiger partial charge in [-0.3, -0.25) is 0 Å². The van der Waals surface area contributed by atoms with E-state index in [1.807, 2.05) is 0 Å². The average Bonchev–Trinajstić information content (AvgIpc) is 2.53. The number of anilines is 1. The van der Waals surface area contributed by atoms with E-state index in [0.29, 0.717) is 17.0 Å². The molecule has 0 radical (unpaired) electrons. The lowest BCUT2D eigenvalue weighted by atomic mass is 10.1. The van der Waals surface area contributed by atoms with E-state index in [2.05, 4.69) is 5.32 Å². The molecule has 0 saturated carbocycles. The Hall–Kier alpha value is -2.58. The summed E-state index contributed by atoms with van der Waals surface area (Å²) in [7, 11) is 1.56. The first-order valence-corrected chi connectivity index (χ1v) is 6.39. The molecule has 0 saturated heterocycles. The van der Waals surface area contributed by atoms with E-state index >= 15 is 0 Å². The van der Waals surface area contributed by atoms with Gasteiger partial charge in [0.2, 0.25) is 0 Å². The number of rotatable bonds is 5. The highest BCUT2D eigenvalue weighted by atomic mass is 19.1. The van der Waals surface area contributed by atoms with Crippen molar-refractivity contribution in [3.63, 3.8) is 0 Å². The molecule has 108 valence electrons. The zero-order chi connectivity index (χ0) is 15.2. The Morgan fingerprint density at radius 2 is 2.14 bits per heavy atom. The Balaban J connectivity index is 2.03. The molecule has 0 aliphatic heterocycles. The summed E-state index contributed by atoms with van der Waals surface area (Å²) < 4.78 is 18.3. The van der Waals surface area contributed by atoms with Crippen molar-refractivity contribution in [2.24, 2.45) is 0 Å². The molecule has 0 bridgehead atoms. The summed E-state index contributed by atoms with van der Waals surface area (Å²) in [5, 5.41) is 21.9. The van der Waals surface area contributed by atoms with Crippen LogP contribution in [0.3, 0.4) is 0 Å². The second kappa shape index (κ2) is 6.73. The SMILES string of the molecule is COc1cccc(C(O)CNc2ccc(F)c(C#N)c2)c1. The van der Waals surface area contributed by atoms with Gasteiger partial charge in [0, 0.05) is 12.2 Å². The van der Waals surface area contributed by atoms with Gasteiger partial charge in [-0.25, -0.2) is 4.39 Å². The Morgan fingerprint density at radius 3 is 2.86 bits per heavy atom. The fourth-order valence-electron chi connectivity index (χ4n) is 1.90. The molecule has 2 N–H and O–H groups in total. The second-order valence-electron chi connectivity index (χ2n) is 4.48. The molecule has 0 aliphatic rings. The molecule has 2 rings (SSSR count). The molecular formula is C16H15FN2O2. The molecule has 0 spiro atoms. The summed E-state index contributed by atoms with van der Waals surface area (Å²) in [6.07, 6.45) is -0.740. The number of methoxy groups -OCH3 is 1. The van der Waals surface area contributed by atoms with Gasteiger partial charge in [0.25, 0.3) is 0 Å². The lowest BCUT2D eigenvalue weighted by Crippen LogP contribution is -2.12. The highest BCUT2D eigenvalue weighted by molar-refractivity contribution is 5.50. The lowest BCUT2D eigenvalue weighted by Gasteiger charge is -2.14. The van der Waals surface area contributed by atoms with Crippen molar-refractivity contribution in [2.75, 3.05) is 19.0 Å². The number of ether oxygens (including phenoxy) is 1. The first kappa shape index (κ1) is 14.8. The van der Waals surface area contributed by atoms with Gasteiger partial charge in [-0.15, -0.1) is 0 Å². The Bertz CT molecular complexity index is 668. The number of nitriles is 1. The van der Waals surface area contributed by atoms with Crippen molar-refractivity contribution >= 4 is 5.69 Å². The molecule has 0 fully saturated rings. The molecule has 1 atom stereocenters. The predicted molar refractivity (Wildman–Crippen MR) is 77.6 cm³/mol. The summed E-state index contributed by atoms with van der Waals surface area (Å²) in [5.74, 6) is 0.108. The van der Waals surface area contributed by atoms with E-state index in [1.165, 1.54) is 18.2 Å². The van der Waals surface area contributed by atoms with Gasteiger partial charge in [0.15, 0.2) is 0 Å². The summed E-state index contributed by atoms with van der Waals surface area (Å²) in [6, 6.07) is 13.1. The number of hydrogen-bond donors (Lipinski definition) is 2. The van der Waals surface area contributed by atoms with E-state index < -0.39 is 11.9 Å². The van der Waals surface area contributed by atoms with E-state index in [1.54, 1.807) is 37.4 Å². The van der Waals surface area contributed by atoms with Crippen LogP contribution in [-0.2, 0) is 0 Å². The van der Waals surface area contributed by atoms with Crippen LogP contribution >= 0.6 is 0 Å². The molecule has 0 amide bonds. The molecule has 5 heteroatoms. The third kappa shape index (κ3) is 3.71. The van der Waals surface area contributed by atoms with Crippen LogP contribution in [0.15, 0.2) is 42.5 Å². The van der Waals surface area contributed by atoms with Crippen molar-refractivity contribution in [3.05, 3.63) is 59.4 Å². The third-order valence-electron chi connectivity index (χ3n) is 3.06. The highest BCUT2D eigenvalue weighted by Crippen LogP contribution is 2.20. The lowest BCUT2D eigenvalue weighted by molar-refractivity contribution is 0.191. The number of halogens is 1. The zero-order valence-corrected chi connectivity index (χ0v) is 11.5. The normalized spacial score (nSPS) is 11.5. The predicted octanol–water partition coefficient (Wildman–Crippen LogP) is 2.85. The van der Waals surface area contributed by atoms with Crippen LogP contribution in [0.1, 0.15) is 17.2 Å². The summed E-state index contributed by atoms with van der Waals surface area (Å²) in [4.78, 5) is 0. The van der Waals surface area contributed by atoms with Crippen molar-refractivity contribution in [1.29, 1.82) is 5.26 Å². The van der Waals surface area contributed by atoms with Gasteiger partial charge in [-0.2, -0.15) is 5.26 Å². The monoisotopic (exact) mass is 286 g/mol. The molecule has 4 nitrogen and oxygen atoms in total. The van der Waals surface area contributed by atoms with Crippen LogP contribution < -0.4 is 10.1 Å². The Morgan fingerprint density at radius 1 is 1.33 bits per heavy atom. The van der Waals surface area contributed by atoms with Crippen LogP contribution in [0.4, 0.5) is 10.1 Å². The molecular weight excluding hydrogens is 271 g/mol. The first-order chi connectivity index (χ1) is 10.1. The van der Waals surface area contributed by atoms with Crippen LogP contribution in [-0.4, -0.2) is 18.8 Å². The van der Waals surface area contributed by atoms with E-state index in [9.17, 15) is 9.50 Å². The topological polar surface area (TPSA) is 65.3 Å². The average molecular weight is 286 g/mol. The molecule has 0 aromatic heterocycles. The number of aliphatic hydroxyl groups is 1. The molecule has 0 aliphatic carbocycles. The zero-order valence-electron chi connectivity index (χ0n) is 11.5. The fourth-order valence-corrected chi connectivity index (χ4v) is 1.90. The standard InChI is InChI=1S/C16H15FN2O2/c1-21-14-4-2-3-11(8-14)16(20)10-19-13-5-6-15(17)12(7-13)9-18/h2-8,16,19-20H,10H2,1H3. The van der Waals surface area contributed by atoms with Crippen molar-refractivity contribution in [3.8, 4) is 11.8 Å². The minimum absolute atomic E-state index is 0.0316. The van der Waals surface area contributed by atoms with Gasteiger partial charge in [0.1, 0.15) is 17.6 Å². The Labute approximate surface area is 122 Å². The van der Waals surface area contributed by atoms with Gasteiger partial charge < -0.3 is 15.2 Å². The summed E-state index contributed by atoms with van der Waals surface area (Å²) in [6.45, 7) is 0.240. The number of aliphatic hydroxyl groups excluding tert-OH is 1. The third-order valence-corrected chi connectivity index (χ3v) is 3.06. The van der Waals surface area contributed by atoms with E-state index in [4.69, 9.17) is 10.00 Å². The van der Waals surface area contributed by atoms with Crippen LogP contribution in [0, 0.1) is 17.1 Å². The number of benzene rings is 2. The molecule has 0 heterocycles. The van der Waals surface area contributed by atoms with Gasteiger partial charge in [-0.05, 0) is 35.9 Å². The first-order valence-electron chi connectivity index (χ1n) is 6.39. The van der Waals surface area contributed by atoms with Crippen molar-refractivity contribution in [1.82, 2.24) is 0 Å². The number of nitrogens with one attached hydrogen (secondary N) is 1. The van der Waals surface area contributed by atoms with Gasteiger partial charge >= 0.3 is 0 Å². The maximum Gasteiger partial charge on any atom is 0.141 e. The smallest absolute Gasteiger partial charge is 0.141 e. The number of hydrogen-bond acceptors (Lipinski definition) is 4.